The Morgan fingerprint density at radius 2 is 1.79 bits per heavy atom. The van der Waals surface area contributed by atoms with Crippen LogP contribution in [0, 0.1) is 30.2 Å². The molecule has 2 aromatic rings. The van der Waals surface area contributed by atoms with Gasteiger partial charge in [0.05, 0.1) is 17.2 Å². The van der Waals surface area contributed by atoms with E-state index in [2.05, 4.69) is 5.32 Å². The molecule has 0 aliphatic rings. The first-order chi connectivity index (χ1) is 11.3. The maximum atomic E-state index is 13.6. The van der Waals surface area contributed by atoms with Crippen LogP contribution in [0.15, 0.2) is 12.1 Å². The Morgan fingerprint density at radius 1 is 1.12 bits per heavy atom. The molecule has 0 unspecified atom stereocenters. The van der Waals surface area contributed by atoms with E-state index in [1.807, 2.05) is 0 Å². The predicted molar refractivity (Wildman–Crippen MR) is 79.2 cm³/mol. The van der Waals surface area contributed by atoms with Crippen LogP contribution in [0.1, 0.15) is 32.5 Å². The number of hydrogen-bond donors (Lipinski definition) is 1. The summed E-state index contributed by atoms with van der Waals surface area (Å²) < 4.78 is 57.7. The summed E-state index contributed by atoms with van der Waals surface area (Å²) in [5.41, 5.74) is -0.485. The number of aryl methyl sites for hydroxylation is 1. The fourth-order valence-corrected chi connectivity index (χ4v) is 2.82. The minimum absolute atomic E-state index is 0.144. The number of esters is 1. The standard InChI is InChI=1S/C15H11F4NO3S/c1-3-23-15(22)13-6(2)4-9(24-13)20-14(21)7-5-8(16)11(18)12(19)10(7)17/h4-5H,3H2,1-2H3,(H,20,21). The monoisotopic (exact) mass is 361 g/mol. The van der Waals surface area contributed by atoms with E-state index in [4.69, 9.17) is 4.74 Å². The Balaban J connectivity index is 2.28. The van der Waals surface area contributed by atoms with Gasteiger partial charge >= 0.3 is 5.97 Å². The molecule has 1 heterocycles. The highest BCUT2D eigenvalue weighted by Gasteiger charge is 2.24. The SMILES string of the molecule is CCOC(=O)c1sc(NC(=O)c2cc(F)c(F)c(F)c2F)cc1C. The van der Waals surface area contributed by atoms with Gasteiger partial charge in [-0.15, -0.1) is 11.3 Å². The van der Waals surface area contributed by atoms with Crippen LogP contribution >= 0.6 is 11.3 Å². The first kappa shape index (κ1) is 17.9. The zero-order valence-corrected chi connectivity index (χ0v) is 13.3. The number of amides is 1. The van der Waals surface area contributed by atoms with Crippen molar-refractivity contribution < 1.29 is 31.9 Å². The van der Waals surface area contributed by atoms with E-state index in [9.17, 15) is 27.2 Å². The number of carbonyl (C=O) groups excluding carboxylic acids is 2. The molecule has 24 heavy (non-hydrogen) atoms. The van der Waals surface area contributed by atoms with Crippen molar-refractivity contribution >= 4 is 28.2 Å². The second-order valence-corrected chi connectivity index (χ2v) is 5.70. The molecule has 0 saturated carbocycles. The highest BCUT2D eigenvalue weighted by Crippen LogP contribution is 2.28. The molecule has 0 aliphatic heterocycles. The number of anilines is 1. The van der Waals surface area contributed by atoms with Gasteiger partial charge in [0.15, 0.2) is 23.3 Å². The number of benzene rings is 1. The van der Waals surface area contributed by atoms with Gasteiger partial charge in [0.25, 0.3) is 5.91 Å². The van der Waals surface area contributed by atoms with E-state index in [1.54, 1.807) is 13.8 Å². The molecule has 0 radical (unpaired) electrons. The Morgan fingerprint density at radius 3 is 2.42 bits per heavy atom. The average molecular weight is 361 g/mol. The van der Waals surface area contributed by atoms with Crippen molar-refractivity contribution in [3.05, 3.63) is 51.4 Å². The number of ether oxygens (including phenoxy) is 1. The second kappa shape index (κ2) is 7.00. The molecule has 0 bridgehead atoms. The Hall–Kier alpha value is -2.42. The molecule has 0 aliphatic carbocycles. The molecule has 0 spiro atoms. The molecule has 0 atom stereocenters. The van der Waals surface area contributed by atoms with E-state index < -0.39 is 40.7 Å². The molecule has 1 aromatic carbocycles. The smallest absolute Gasteiger partial charge is 0.348 e. The third-order valence-corrected chi connectivity index (χ3v) is 4.10. The van der Waals surface area contributed by atoms with E-state index in [0.29, 0.717) is 5.56 Å². The summed E-state index contributed by atoms with van der Waals surface area (Å²) in [4.78, 5) is 23.9. The molecular weight excluding hydrogens is 350 g/mol. The van der Waals surface area contributed by atoms with Crippen LogP contribution in [0.2, 0.25) is 0 Å². The van der Waals surface area contributed by atoms with Crippen LogP contribution in [0.5, 0.6) is 0 Å². The van der Waals surface area contributed by atoms with E-state index in [0.717, 1.165) is 11.3 Å². The fourth-order valence-electron chi connectivity index (χ4n) is 1.86. The lowest BCUT2D eigenvalue weighted by Gasteiger charge is -2.06. The van der Waals surface area contributed by atoms with Crippen molar-refractivity contribution in [1.82, 2.24) is 0 Å². The Bertz CT molecular complexity index is 820. The van der Waals surface area contributed by atoms with Crippen LogP contribution in [-0.4, -0.2) is 18.5 Å². The summed E-state index contributed by atoms with van der Waals surface area (Å²) >= 11 is 0.857. The van der Waals surface area contributed by atoms with Crippen LogP contribution < -0.4 is 5.32 Å². The van der Waals surface area contributed by atoms with Crippen molar-refractivity contribution in [3.63, 3.8) is 0 Å². The number of halogens is 4. The third kappa shape index (κ3) is 3.40. The quantitative estimate of drug-likeness (QED) is 0.387. The predicted octanol–water partition coefficient (Wildman–Crippen LogP) is 4.04. The molecule has 4 nitrogen and oxygen atoms in total. The Labute approximate surface area is 138 Å². The third-order valence-electron chi connectivity index (χ3n) is 2.96. The van der Waals surface area contributed by atoms with Crippen molar-refractivity contribution in [2.75, 3.05) is 11.9 Å². The van der Waals surface area contributed by atoms with E-state index in [-0.39, 0.29) is 22.6 Å². The van der Waals surface area contributed by atoms with Gasteiger partial charge in [0, 0.05) is 0 Å². The number of nitrogens with one attached hydrogen (secondary N) is 1. The number of carbonyl (C=O) groups is 2. The first-order valence-electron chi connectivity index (χ1n) is 6.68. The molecule has 128 valence electrons. The molecule has 0 fully saturated rings. The normalized spacial score (nSPS) is 10.6. The van der Waals surface area contributed by atoms with Gasteiger partial charge in [0.1, 0.15) is 4.88 Å². The van der Waals surface area contributed by atoms with Gasteiger partial charge in [-0.3, -0.25) is 4.79 Å². The maximum Gasteiger partial charge on any atom is 0.348 e. The minimum atomic E-state index is -2.07. The number of hydrogen-bond acceptors (Lipinski definition) is 4. The van der Waals surface area contributed by atoms with Gasteiger partial charge in [-0.05, 0) is 31.5 Å². The largest absolute Gasteiger partial charge is 0.462 e. The molecule has 0 saturated heterocycles. The van der Waals surface area contributed by atoms with Crippen molar-refractivity contribution in [2.24, 2.45) is 0 Å². The summed E-state index contributed by atoms with van der Waals surface area (Å²) in [5.74, 6) is -9.33. The molecular formula is C15H11F4NO3S. The minimum Gasteiger partial charge on any atom is -0.462 e. The van der Waals surface area contributed by atoms with E-state index in [1.165, 1.54) is 6.07 Å². The van der Waals surface area contributed by atoms with Crippen molar-refractivity contribution in [2.45, 2.75) is 13.8 Å². The van der Waals surface area contributed by atoms with Crippen LogP contribution in [0.25, 0.3) is 0 Å². The summed E-state index contributed by atoms with van der Waals surface area (Å²) in [7, 11) is 0. The lowest BCUT2D eigenvalue weighted by atomic mass is 10.1. The highest BCUT2D eigenvalue weighted by atomic mass is 32.1. The maximum absolute atomic E-state index is 13.6. The average Bonchev–Trinajstić information content (AvgIpc) is 2.89. The van der Waals surface area contributed by atoms with Crippen LogP contribution in [-0.2, 0) is 4.74 Å². The van der Waals surface area contributed by atoms with Gasteiger partial charge in [-0.1, -0.05) is 0 Å². The fraction of sp³-hybridized carbons (Fsp3) is 0.200. The summed E-state index contributed by atoms with van der Waals surface area (Å²) in [6, 6.07) is 1.68. The van der Waals surface area contributed by atoms with Gasteiger partial charge in [-0.25, -0.2) is 22.4 Å². The number of thiophene rings is 1. The Kier molecular flexibility index (Phi) is 5.23. The summed E-state index contributed by atoms with van der Waals surface area (Å²) in [6.45, 7) is 3.39. The van der Waals surface area contributed by atoms with Crippen molar-refractivity contribution in [1.29, 1.82) is 0 Å². The zero-order chi connectivity index (χ0) is 18.0. The van der Waals surface area contributed by atoms with E-state index >= 15 is 0 Å². The molecule has 1 amide bonds. The number of rotatable bonds is 4. The molecule has 1 N–H and O–H groups in total. The van der Waals surface area contributed by atoms with Gasteiger partial charge in [0.2, 0.25) is 0 Å². The van der Waals surface area contributed by atoms with Crippen molar-refractivity contribution in [3.8, 4) is 0 Å². The second-order valence-electron chi connectivity index (χ2n) is 4.65. The topological polar surface area (TPSA) is 55.4 Å². The lowest BCUT2D eigenvalue weighted by Crippen LogP contribution is -2.15. The highest BCUT2D eigenvalue weighted by molar-refractivity contribution is 7.18. The van der Waals surface area contributed by atoms with Gasteiger partial charge in [-0.2, -0.15) is 0 Å². The lowest BCUT2D eigenvalue weighted by molar-refractivity contribution is 0.0531. The van der Waals surface area contributed by atoms with Gasteiger partial charge < -0.3 is 10.1 Å². The molecule has 2 rings (SSSR count). The van der Waals surface area contributed by atoms with Crippen LogP contribution in [0.3, 0.4) is 0 Å². The molecule has 9 heteroatoms. The van der Waals surface area contributed by atoms with Crippen LogP contribution in [0.4, 0.5) is 22.6 Å². The zero-order valence-electron chi connectivity index (χ0n) is 12.5. The summed E-state index contributed by atoms with van der Waals surface area (Å²) in [6.07, 6.45) is 0. The molecule has 1 aromatic heterocycles. The first-order valence-corrected chi connectivity index (χ1v) is 7.49. The summed E-state index contributed by atoms with van der Waals surface area (Å²) in [5, 5.41) is 2.35.